The van der Waals surface area contributed by atoms with Crippen molar-refractivity contribution in [3.63, 3.8) is 0 Å². The zero-order valence-corrected chi connectivity index (χ0v) is 25.5. The number of nitrogens with zero attached hydrogens (tertiary/aromatic N) is 5. The smallest absolute Gasteiger partial charge is 0.253 e. The van der Waals surface area contributed by atoms with Crippen molar-refractivity contribution in [1.29, 1.82) is 0 Å². The van der Waals surface area contributed by atoms with Crippen LogP contribution >= 0.6 is 23.2 Å². The maximum absolute atomic E-state index is 13.0. The van der Waals surface area contributed by atoms with Gasteiger partial charge in [-0.3, -0.25) is 9.59 Å². The molecule has 0 radical (unpaired) electrons. The van der Waals surface area contributed by atoms with E-state index >= 15 is 0 Å². The number of hydrogen-bond acceptors (Lipinski definition) is 7. The Bertz CT molecular complexity index is 1890. The summed E-state index contributed by atoms with van der Waals surface area (Å²) in [4.78, 5) is 46.7. The second-order valence-corrected chi connectivity index (χ2v) is 11.3. The molecule has 0 spiro atoms. The third-order valence-corrected chi connectivity index (χ3v) is 7.99. The number of rotatable bonds is 10. The first-order chi connectivity index (χ1) is 21.4. The van der Waals surface area contributed by atoms with E-state index in [2.05, 4.69) is 35.5 Å². The molecule has 0 atom stereocenters. The predicted octanol–water partition coefficient (Wildman–Crippen LogP) is 6.06. The molecule has 0 saturated heterocycles. The molecule has 44 heavy (non-hydrogen) atoms. The minimum Gasteiger partial charge on any atom is -0.352 e. The number of carbonyl (C=O) groups is 2. The monoisotopic (exact) mass is 625 g/mol. The first-order valence-electron chi connectivity index (χ1n) is 14.3. The van der Waals surface area contributed by atoms with E-state index in [-0.39, 0.29) is 11.8 Å². The van der Waals surface area contributed by atoms with Gasteiger partial charge in [-0.05, 0) is 81.5 Å². The highest BCUT2D eigenvalue weighted by atomic mass is 35.5. The highest BCUT2D eigenvalue weighted by Gasteiger charge is 2.15. The number of amides is 2. The Morgan fingerprint density at radius 1 is 0.591 bits per heavy atom. The summed E-state index contributed by atoms with van der Waals surface area (Å²) >= 11 is 12.6. The molecule has 0 unspecified atom stereocenters. The topological polar surface area (TPSA) is 113 Å². The number of carbonyl (C=O) groups excluding carboxylic acids is 2. The molecule has 2 amide bonds. The van der Waals surface area contributed by atoms with E-state index in [0.29, 0.717) is 78.4 Å². The average molecular weight is 627 g/mol. The van der Waals surface area contributed by atoms with E-state index in [1.165, 1.54) is 0 Å². The van der Waals surface area contributed by atoms with Crippen LogP contribution in [0.2, 0.25) is 10.0 Å². The van der Waals surface area contributed by atoms with E-state index < -0.39 is 0 Å². The van der Waals surface area contributed by atoms with Gasteiger partial charge in [0.05, 0.1) is 43.2 Å². The molecule has 2 N–H and O–H groups in total. The van der Waals surface area contributed by atoms with Gasteiger partial charge in [-0.15, -0.1) is 0 Å². The minimum atomic E-state index is -0.189. The lowest BCUT2D eigenvalue weighted by Crippen LogP contribution is -2.31. The fourth-order valence-corrected chi connectivity index (χ4v) is 5.56. The van der Waals surface area contributed by atoms with Crippen molar-refractivity contribution in [1.82, 2.24) is 35.5 Å². The zero-order valence-electron chi connectivity index (χ0n) is 24.0. The molecule has 0 aliphatic rings. The van der Waals surface area contributed by atoms with Crippen molar-refractivity contribution in [3.8, 4) is 0 Å². The molecule has 11 heteroatoms. The third kappa shape index (κ3) is 6.26. The maximum Gasteiger partial charge on any atom is 0.253 e. The number of nitrogens with one attached hydrogen (secondary N) is 2. The van der Waals surface area contributed by atoms with Crippen LogP contribution in [0, 0.1) is 0 Å². The highest BCUT2D eigenvalue weighted by Crippen LogP contribution is 2.26. The van der Waals surface area contributed by atoms with Crippen LogP contribution in [0.15, 0.2) is 72.8 Å². The Kier molecular flexibility index (Phi) is 8.79. The van der Waals surface area contributed by atoms with Crippen LogP contribution in [0.5, 0.6) is 0 Å². The van der Waals surface area contributed by atoms with Crippen LogP contribution in [0.3, 0.4) is 0 Å². The second-order valence-electron chi connectivity index (χ2n) is 10.5. The number of hydrogen-bond donors (Lipinski definition) is 2. The molecule has 6 aromatic rings. The summed E-state index contributed by atoms with van der Waals surface area (Å²) in [5.41, 5.74) is 5.83. The van der Waals surface area contributed by atoms with Crippen molar-refractivity contribution in [2.24, 2.45) is 0 Å². The lowest BCUT2D eigenvalue weighted by Gasteiger charge is -2.17. The Balaban J connectivity index is 0.967. The summed E-state index contributed by atoms with van der Waals surface area (Å²) in [6.45, 7) is 2.62. The quantitative estimate of drug-likeness (QED) is 0.141. The summed E-state index contributed by atoms with van der Waals surface area (Å²) < 4.78 is 0. The van der Waals surface area contributed by atoms with Crippen molar-refractivity contribution < 1.29 is 9.59 Å². The molecular formula is C33H29Cl2N7O2. The van der Waals surface area contributed by atoms with Gasteiger partial charge in [0, 0.05) is 13.1 Å². The number of benzene rings is 4. The van der Waals surface area contributed by atoms with Crippen LogP contribution in [0.1, 0.15) is 33.6 Å². The van der Waals surface area contributed by atoms with E-state index in [4.69, 9.17) is 23.2 Å². The zero-order chi connectivity index (χ0) is 30.6. The summed E-state index contributed by atoms with van der Waals surface area (Å²) in [7, 11) is 2.02. The molecule has 222 valence electrons. The molecule has 0 aliphatic heterocycles. The van der Waals surface area contributed by atoms with Gasteiger partial charge < -0.3 is 15.5 Å². The van der Waals surface area contributed by atoms with Gasteiger partial charge in [0.15, 0.2) is 0 Å². The summed E-state index contributed by atoms with van der Waals surface area (Å²) in [6, 6.07) is 21.6. The first-order valence-corrected chi connectivity index (χ1v) is 15.1. The first kappa shape index (κ1) is 29.6. The normalized spacial score (nSPS) is 11.5. The standard InChI is InChI=1S/C33H29Cl2N7O2/c1-42(18-6-16-36-32(43)20-8-2-12-24-28(20)38-26-14-4-10-22(34)30(26)40-24)19-7-17-37-33(44)21-9-3-13-25-29(21)39-27-15-5-11-23(35)31(27)41-25/h2-5,8-15H,6-7,16-19H2,1H3,(H,36,43)(H,37,44). The molecule has 2 heterocycles. The van der Waals surface area contributed by atoms with Gasteiger partial charge >= 0.3 is 0 Å². The lowest BCUT2D eigenvalue weighted by atomic mass is 10.1. The van der Waals surface area contributed by atoms with Crippen molar-refractivity contribution >= 4 is 79.1 Å². The van der Waals surface area contributed by atoms with E-state index in [1.807, 2.05) is 43.4 Å². The van der Waals surface area contributed by atoms with Gasteiger partial charge in [-0.25, -0.2) is 19.9 Å². The highest BCUT2D eigenvalue weighted by molar-refractivity contribution is 6.35. The Hall–Kier alpha value is -4.44. The minimum absolute atomic E-state index is 0.189. The van der Waals surface area contributed by atoms with Crippen LogP contribution in [-0.4, -0.2) is 69.9 Å². The molecule has 0 aliphatic carbocycles. The number of para-hydroxylation sites is 4. The summed E-state index contributed by atoms with van der Waals surface area (Å²) in [5.74, 6) is -0.378. The Morgan fingerprint density at radius 2 is 0.955 bits per heavy atom. The molecular weight excluding hydrogens is 597 g/mol. The SMILES string of the molecule is CN(CCCNC(=O)c1cccc2nc3c(Cl)cccc3nc12)CCCNC(=O)c1cccc2nc3c(Cl)cccc3nc12. The van der Waals surface area contributed by atoms with Crippen molar-refractivity contribution in [2.75, 3.05) is 33.2 Å². The molecule has 0 bridgehead atoms. The van der Waals surface area contributed by atoms with Crippen molar-refractivity contribution in [2.45, 2.75) is 12.8 Å². The molecule has 6 rings (SSSR count). The van der Waals surface area contributed by atoms with Gasteiger partial charge in [0.2, 0.25) is 0 Å². The second kappa shape index (κ2) is 13.1. The molecule has 0 fully saturated rings. The molecule has 9 nitrogen and oxygen atoms in total. The van der Waals surface area contributed by atoms with Crippen molar-refractivity contribution in [3.05, 3.63) is 94.0 Å². The number of halogens is 2. The van der Waals surface area contributed by atoms with E-state index in [1.54, 1.807) is 36.4 Å². The fourth-order valence-electron chi connectivity index (χ4n) is 5.14. The van der Waals surface area contributed by atoms with Crippen LogP contribution in [-0.2, 0) is 0 Å². The average Bonchev–Trinajstić information content (AvgIpc) is 3.03. The third-order valence-electron chi connectivity index (χ3n) is 7.38. The number of aromatic nitrogens is 4. The lowest BCUT2D eigenvalue weighted by molar-refractivity contribution is 0.0947. The van der Waals surface area contributed by atoms with Crippen LogP contribution < -0.4 is 10.6 Å². The maximum atomic E-state index is 13.0. The largest absolute Gasteiger partial charge is 0.352 e. The van der Waals surface area contributed by atoms with Gasteiger partial charge in [0.25, 0.3) is 11.8 Å². The summed E-state index contributed by atoms with van der Waals surface area (Å²) in [6.07, 6.45) is 1.55. The van der Waals surface area contributed by atoms with E-state index in [9.17, 15) is 9.59 Å². The van der Waals surface area contributed by atoms with E-state index in [0.717, 1.165) is 25.9 Å². The van der Waals surface area contributed by atoms with Gasteiger partial charge in [0.1, 0.15) is 22.1 Å². The molecule has 4 aromatic carbocycles. The summed E-state index contributed by atoms with van der Waals surface area (Å²) in [5, 5.41) is 7.05. The number of fused-ring (bicyclic) bond motifs is 4. The van der Waals surface area contributed by atoms with Crippen LogP contribution in [0.25, 0.3) is 44.1 Å². The van der Waals surface area contributed by atoms with Gasteiger partial charge in [-0.1, -0.05) is 47.5 Å². The molecule has 2 aromatic heterocycles. The Morgan fingerprint density at radius 3 is 1.39 bits per heavy atom. The predicted molar refractivity (Wildman–Crippen MR) is 176 cm³/mol. The Labute approximate surface area is 263 Å². The van der Waals surface area contributed by atoms with Crippen LogP contribution in [0.4, 0.5) is 0 Å². The molecule has 0 saturated carbocycles. The van der Waals surface area contributed by atoms with Gasteiger partial charge in [-0.2, -0.15) is 0 Å². The fraction of sp³-hybridized carbons (Fsp3) is 0.212.